The van der Waals surface area contributed by atoms with Crippen molar-refractivity contribution in [3.05, 3.63) is 35.3 Å². The Morgan fingerprint density at radius 1 is 1.20 bits per heavy atom. The molecule has 20 heavy (non-hydrogen) atoms. The molecule has 4 nitrogen and oxygen atoms in total. The molecule has 0 radical (unpaired) electrons. The van der Waals surface area contributed by atoms with Gasteiger partial charge in [-0.3, -0.25) is 4.40 Å². The molecule has 104 valence electrons. The lowest BCUT2D eigenvalue weighted by Crippen LogP contribution is -2.04. The lowest BCUT2D eigenvalue weighted by atomic mass is 10.1. The Labute approximate surface area is 114 Å². The fourth-order valence-corrected chi connectivity index (χ4v) is 2.37. The fraction of sp³-hybridized carbons (Fsp3) is 0.357. The van der Waals surface area contributed by atoms with Crippen LogP contribution in [0.15, 0.2) is 12.1 Å². The van der Waals surface area contributed by atoms with Gasteiger partial charge in [-0.15, -0.1) is 10.2 Å². The van der Waals surface area contributed by atoms with Gasteiger partial charge in [-0.2, -0.15) is 0 Å². The largest absolute Gasteiger partial charge is 0.277 e. The van der Waals surface area contributed by atoms with Crippen LogP contribution in [0.1, 0.15) is 25.4 Å². The summed E-state index contributed by atoms with van der Waals surface area (Å²) >= 11 is 0. The number of halogens is 2. The lowest BCUT2D eigenvalue weighted by Gasteiger charge is -2.07. The molecule has 0 spiro atoms. The Hall–Kier alpha value is -2.11. The van der Waals surface area contributed by atoms with Crippen LogP contribution in [0.4, 0.5) is 8.78 Å². The highest BCUT2D eigenvalue weighted by molar-refractivity contribution is 5.78. The second-order valence-electron chi connectivity index (χ2n) is 5.33. The summed E-state index contributed by atoms with van der Waals surface area (Å²) < 4.78 is 29.0. The number of hydrogen-bond donors (Lipinski definition) is 0. The van der Waals surface area contributed by atoms with Gasteiger partial charge in [-0.25, -0.2) is 13.8 Å². The minimum absolute atomic E-state index is 0.0568. The first kappa shape index (κ1) is 12.9. The summed E-state index contributed by atoms with van der Waals surface area (Å²) in [6.07, 6.45) is 0.702. The molecule has 0 atom stereocenters. The minimum Gasteiger partial charge on any atom is -0.277 e. The number of aryl methyl sites for hydroxylation is 1. The van der Waals surface area contributed by atoms with Gasteiger partial charge in [-0.05, 0) is 12.8 Å². The molecule has 0 aliphatic carbocycles. The van der Waals surface area contributed by atoms with E-state index in [4.69, 9.17) is 0 Å². The molecule has 0 saturated heterocycles. The molecular formula is C14H14F2N4. The molecule has 1 aromatic carbocycles. The first-order chi connectivity index (χ1) is 9.47. The van der Waals surface area contributed by atoms with Crippen LogP contribution in [0, 0.1) is 24.5 Å². The summed E-state index contributed by atoms with van der Waals surface area (Å²) in [5, 5.41) is 7.87. The van der Waals surface area contributed by atoms with Crippen molar-refractivity contribution in [1.82, 2.24) is 19.6 Å². The van der Waals surface area contributed by atoms with E-state index in [-0.39, 0.29) is 5.52 Å². The Morgan fingerprint density at radius 3 is 2.65 bits per heavy atom. The zero-order valence-corrected chi connectivity index (χ0v) is 11.5. The van der Waals surface area contributed by atoms with Gasteiger partial charge in [0.05, 0.1) is 11.2 Å². The normalized spacial score (nSPS) is 11.9. The van der Waals surface area contributed by atoms with Crippen molar-refractivity contribution in [2.45, 2.75) is 27.2 Å². The first-order valence-corrected chi connectivity index (χ1v) is 6.46. The predicted molar refractivity (Wildman–Crippen MR) is 71.5 cm³/mol. The van der Waals surface area contributed by atoms with Gasteiger partial charge >= 0.3 is 0 Å². The monoisotopic (exact) mass is 276 g/mol. The maximum Gasteiger partial charge on any atom is 0.182 e. The average molecular weight is 276 g/mol. The van der Waals surface area contributed by atoms with E-state index in [2.05, 4.69) is 29.0 Å². The molecule has 0 unspecified atom stereocenters. The molecule has 3 aromatic rings. The van der Waals surface area contributed by atoms with Crippen molar-refractivity contribution >= 4 is 16.7 Å². The molecule has 0 saturated carbocycles. The van der Waals surface area contributed by atoms with E-state index in [1.165, 1.54) is 6.07 Å². The van der Waals surface area contributed by atoms with E-state index >= 15 is 0 Å². The zero-order valence-electron chi connectivity index (χ0n) is 11.5. The number of rotatable bonds is 2. The SMILES string of the molecule is Cc1nc(CC(C)C)n2c1nnc1c(F)cc(F)cc12. The van der Waals surface area contributed by atoms with E-state index in [0.717, 1.165) is 11.9 Å². The Morgan fingerprint density at radius 2 is 1.95 bits per heavy atom. The van der Waals surface area contributed by atoms with Crippen molar-refractivity contribution in [3.8, 4) is 0 Å². The van der Waals surface area contributed by atoms with Crippen molar-refractivity contribution in [2.75, 3.05) is 0 Å². The molecule has 2 heterocycles. The van der Waals surface area contributed by atoms with E-state index in [1.807, 2.05) is 6.92 Å². The van der Waals surface area contributed by atoms with Crippen LogP contribution in [0.2, 0.25) is 0 Å². The molecule has 0 amide bonds. The van der Waals surface area contributed by atoms with Gasteiger partial charge in [0.15, 0.2) is 11.5 Å². The van der Waals surface area contributed by atoms with Crippen LogP contribution in [0.25, 0.3) is 16.7 Å². The van der Waals surface area contributed by atoms with Crippen LogP contribution in [0.5, 0.6) is 0 Å². The van der Waals surface area contributed by atoms with Gasteiger partial charge in [0, 0.05) is 18.6 Å². The molecule has 0 aliphatic rings. The third kappa shape index (κ3) is 1.92. The van der Waals surface area contributed by atoms with E-state index in [1.54, 1.807) is 4.40 Å². The zero-order chi connectivity index (χ0) is 14.4. The smallest absolute Gasteiger partial charge is 0.182 e. The van der Waals surface area contributed by atoms with Crippen molar-refractivity contribution < 1.29 is 8.78 Å². The number of hydrogen-bond acceptors (Lipinski definition) is 3. The van der Waals surface area contributed by atoms with Gasteiger partial charge in [0.2, 0.25) is 0 Å². The van der Waals surface area contributed by atoms with E-state index in [9.17, 15) is 8.78 Å². The number of imidazole rings is 1. The quantitative estimate of drug-likeness (QED) is 0.722. The Kier molecular flexibility index (Phi) is 2.88. The molecule has 3 rings (SSSR count). The van der Waals surface area contributed by atoms with Crippen molar-refractivity contribution in [1.29, 1.82) is 0 Å². The number of benzene rings is 1. The highest BCUT2D eigenvalue weighted by atomic mass is 19.1. The van der Waals surface area contributed by atoms with Gasteiger partial charge in [0.1, 0.15) is 17.2 Å². The number of fused-ring (bicyclic) bond motifs is 3. The molecular weight excluding hydrogens is 262 g/mol. The van der Waals surface area contributed by atoms with Crippen molar-refractivity contribution in [2.24, 2.45) is 5.92 Å². The summed E-state index contributed by atoms with van der Waals surface area (Å²) in [5.41, 5.74) is 1.67. The Balaban J connectivity index is 2.44. The standard InChI is InChI=1S/C14H14F2N4/c1-7(2)4-12-17-8(3)14-19-18-13-10(16)5-9(15)6-11(13)20(12)14/h5-7H,4H2,1-3H3. The van der Waals surface area contributed by atoms with E-state index in [0.29, 0.717) is 29.2 Å². The summed E-state index contributed by atoms with van der Waals surface area (Å²) in [5.74, 6) is -0.221. The van der Waals surface area contributed by atoms with Crippen LogP contribution in [0.3, 0.4) is 0 Å². The molecule has 0 bridgehead atoms. The third-order valence-electron chi connectivity index (χ3n) is 3.17. The summed E-state index contributed by atoms with van der Waals surface area (Å²) in [6, 6.07) is 2.08. The molecule has 0 fully saturated rings. The molecule has 0 aliphatic heterocycles. The Bertz CT molecular complexity index is 808. The van der Waals surface area contributed by atoms with Gasteiger partial charge < -0.3 is 0 Å². The maximum absolute atomic E-state index is 13.8. The summed E-state index contributed by atoms with van der Waals surface area (Å²) in [6.45, 7) is 5.94. The molecule has 2 aromatic heterocycles. The second kappa shape index (κ2) is 4.47. The fourth-order valence-electron chi connectivity index (χ4n) is 2.37. The maximum atomic E-state index is 13.8. The van der Waals surface area contributed by atoms with Crippen LogP contribution in [-0.2, 0) is 6.42 Å². The lowest BCUT2D eigenvalue weighted by molar-refractivity contribution is 0.587. The highest BCUT2D eigenvalue weighted by Crippen LogP contribution is 2.22. The third-order valence-corrected chi connectivity index (χ3v) is 3.17. The second-order valence-corrected chi connectivity index (χ2v) is 5.33. The first-order valence-electron chi connectivity index (χ1n) is 6.46. The highest BCUT2D eigenvalue weighted by Gasteiger charge is 2.16. The minimum atomic E-state index is -0.712. The van der Waals surface area contributed by atoms with Crippen LogP contribution < -0.4 is 0 Å². The summed E-state index contributed by atoms with van der Waals surface area (Å²) in [7, 11) is 0. The number of aromatic nitrogens is 4. The van der Waals surface area contributed by atoms with Gasteiger partial charge in [0.25, 0.3) is 0 Å². The number of nitrogens with zero attached hydrogens (tertiary/aromatic N) is 4. The van der Waals surface area contributed by atoms with Gasteiger partial charge in [-0.1, -0.05) is 13.8 Å². The summed E-state index contributed by atoms with van der Waals surface area (Å²) in [4.78, 5) is 4.45. The van der Waals surface area contributed by atoms with E-state index < -0.39 is 11.6 Å². The molecule has 0 N–H and O–H groups in total. The van der Waals surface area contributed by atoms with Crippen LogP contribution >= 0.6 is 0 Å². The van der Waals surface area contributed by atoms with Crippen molar-refractivity contribution in [3.63, 3.8) is 0 Å². The molecule has 6 heteroatoms. The topological polar surface area (TPSA) is 43.1 Å². The van der Waals surface area contributed by atoms with Crippen LogP contribution in [-0.4, -0.2) is 19.6 Å². The predicted octanol–water partition coefficient (Wildman–Crippen LogP) is 3.06. The average Bonchev–Trinajstić information content (AvgIpc) is 2.65.